The summed E-state index contributed by atoms with van der Waals surface area (Å²) in [6.07, 6.45) is 3.80. The summed E-state index contributed by atoms with van der Waals surface area (Å²) in [5.74, 6) is 1.28. The first-order chi connectivity index (χ1) is 15.2. The van der Waals surface area contributed by atoms with E-state index in [2.05, 4.69) is 47.4 Å². The van der Waals surface area contributed by atoms with E-state index in [0.29, 0.717) is 17.6 Å². The zero-order valence-electron chi connectivity index (χ0n) is 18.1. The first kappa shape index (κ1) is 21.6. The van der Waals surface area contributed by atoms with Crippen LogP contribution in [0.3, 0.4) is 0 Å². The van der Waals surface area contributed by atoms with Crippen LogP contribution in [0, 0.1) is 5.92 Å². The zero-order chi connectivity index (χ0) is 21.5. The molecule has 0 aliphatic carbocycles. The Labute approximate surface area is 186 Å². The Morgan fingerprint density at radius 1 is 0.742 bits per heavy atom. The number of hydrogen-bond acceptors (Lipinski definition) is 3. The van der Waals surface area contributed by atoms with E-state index in [9.17, 15) is 10.2 Å². The molecule has 31 heavy (non-hydrogen) atoms. The lowest BCUT2D eigenvalue weighted by atomic mass is 9.76. The molecule has 3 nitrogen and oxygen atoms in total. The van der Waals surface area contributed by atoms with Gasteiger partial charge in [0, 0.05) is 5.92 Å². The van der Waals surface area contributed by atoms with E-state index >= 15 is 0 Å². The van der Waals surface area contributed by atoms with Gasteiger partial charge in [0.25, 0.3) is 0 Å². The number of piperidine rings is 1. The predicted octanol–water partition coefficient (Wildman–Crippen LogP) is 5.75. The third kappa shape index (κ3) is 5.75. The second-order valence-electron chi connectivity index (χ2n) is 8.73. The van der Waals surface area contributed by atoms with Crippen molar-refractivity contribution in [1.82, 2.24) is 4.90 Å². The van der Waals surface area contributed by atoms with Gasteiger partial charge in [0.2, 0.25) is 0 Å². The predicted molar refractivity (Wildman–Crippen MR) is 126 cm³/mol. The van der Waals surface area contributed by atoms with Crippen LogP contribution in [0.5, 0.6) is 5.75 Å². The number of aromatic hydroxyl groups is 1. The summed E-state index contributed by atoms with van der Waals surface area (Å²) >= 11 is 0. The molecule has 162 valence electrons. The average Bonchev–Trinajstić information content (AvgIpc) is 2.83. The van der Waals surface area contributed by atoms with Crippen LogP contribution in [0.25, 0.3) is 0 Å². The van der Waals surface area contributed by atoms with Crippen molar-refractivity contribution in [2.24, 2.45) is 5.92 Å². The topological polar surface area (TPSA) is 43.7 Å². The Bertz CT molecular complexity index is 903. The van der Waals surface area contributed by atoms with Gasteiger partial charge in [0.15, 0.2) is 0 Å². The van der Waals surface area contributed by atoms with Crippen LogP contribution in [0.1, 0.15) is 54.4 Å². The monoisotopic (exact) mass is 415 g/mol. The molecule has 0 bridgehead atoms. The van der Waals surface area contributed by atoms with E-state index in [0.717, 1.165) is 38.0 Å². The summed E-state index contributed by atoms with van der Waals surface area (Å²) < 4.78 is 0. The lowest BCUT2D eigenvalue weighted by Gasteiger charge is -2.37. The van der Waals surface area contributed by atoms with Gasteiger partial charge < -0.3 is 15.1 Å². The molecule has 1 fully saturated rings. The van der Waals surface area contributed by atoms with Crippen LogP contribution < -0.4 is 0 Å². The average molecular weight is 416 g/mol. The lowest BCUT2D eigenvalue weighted by molar-refractivity contribution is 0.140. The Morgan fingerprint density at radius 3 is 1.90 bits per heavy atom. The Hall–Kier alpha value is -2.62. The standard InChI is InChI=1S/C28H33NO2/c30-26-15-13-24(14-16-26)28(23-10-5-2-6-11-23)25-17-20-29(21-18-25)19-7-12-27(31)22-8-3-1-4-9-22/h1-6,8-11,13-16,25,27-28,30-31H,7,12,17-21H2. The molecule has 0 radical (unpaired) electrons. The minimum Gasteiger partial charge on any atom is -0.508 e. The van der Waals surface area contributed by atoms with Gasteiger partial charge in [-0.15, -0.1) is 0 Å². The van der Waals surface area contributed by atoms with Crippen molar-refractivity contribution >= 4 is 0 Å². The van der Waals surface area contributed by atoms with Gasteiger partial charge >= 0.3 is 0 Å². The summed E-state index contributed by atoms with van der Waals surface area (Å²) in [4.78, 5) is 2.55. The molecular weight excluding hydrogens is 382 g/mol. The molecule has 3 aromatic rings. The molecular formula is C28H33NO2. The number of phenolic OH excluding ortho intramolecular Hbond substituents is 1. The van der Waals surface area contributed by atoms with Gasteiger partial charge in [0.05, 0.1) is 6.10 Å². The minimum atomic E-state index is -0.365. The van der Waals surface area contributed by atoms with E-state index in [-0.39, 0.29) is 6.10 Å². The van der Waals surface area contributed by atoms with Crippen molar-refractivity contribution in [1.29, 1.82) is 0 Å². The highest BCUT2D eigenvalue weighted by Crippen LogP contribution is 2.38. The number of phenols is 1. The van der Waals surface area contributed by atoms with Crippen molar-refractivity contribution in [3.8, 4) is 5.75 Å². The van der Waals surface area contributed by atoms with Crippen molar-refractivity contribution < 1.29 is 10.2 Å². The second-order valence-corrected chi connectivity index (χ2v) is 8.73. The first-order valence-electron chi connectivity index (χ1n) is 11.5. The van der Waals surface area contributed by atoms with Crippen molar-refractivity contribution in [3.05, 3.63) is 102 Å². The third-order valence-corrected chi connectivity index (χ3v) is 6.65. The Kier molecular flexibility index (Phi) is 7.39. The second kappa shape index (κ2) is 10.6. The van der Waals surface area contributed by atoms with E-state index in [4.69, 9.17) is 0 Å². The van der Waals surface area contributed by atoms with Gasteiger partial charge in [-0.25, -0.2) is 0 Å². The van der Waals surface area contributed by atoms with Crippen LogP contribution in [0.15, 0.2) is 84.9 Å². The molecule has 0 amide bonds. The summed E-state index contributed by atoms with van der Waals surface area (Å²) in [5, 5.41) is 20.1. The normalized spacial score (nSPS) is 17.3. The maximum Gasteiger partial charge on any atom is 0.115 e. The number of nitrogens with zero attached hydrogens (tertiary/aromatic N) is 1. The highest BCUT2D eigenvalue weighted by molar-refractivity contribution is 5.36. The molecule has 1 aliphatic heterocycles. The largest absolute Gasteiger partial charge is 0.508 e. The summed E-state index contributed by atoms with van der Waals surface area (Å²) in [6, 6.07) is 28.5. The lowest BCUT2D eigenvalue weighted by Crippen LogP contribution is -2.36. The van der Waals surface area contributed by atoms with E-state index in [1.165, 1.54) is 24.0 Å². The van der Waals surface area contributed by atoms with Gasteiger partial charge in [-0.05, 0) is 80.1 Å². The highest BCUT2D eigenvalue weighted by atomic mass is 16.3. The molecule has 0 spiro atoms. The summed E-state index contributed by atoms with van der Waals surface area (Å²) in [6.45, 7) is 3.26. The van der Waals surface area contributed by atoms with Crippen molar-refractivity contribution in [2.75, 3.05) is 19.6 Å². The SMILES string of the molecule is Oc1ccc(C(c2ccccc2)C2CCN(CCCC(O)c3ccccc3)CC2)cc1. The molecule has 0 saturated carbocycles. The van der Waals surface area contributed by atoms with Crippen molar-refractivity contribution in [3.63, 3.8) is 0 Å². The Morgan fingerprint density at radius 2 is 1.29 bits per heavy atom. The molecule has 2 atom stereocenters. The Balaban J connectivity index is 1.33. The molecule has 0 aromatic heterocycles. The summed E-state index contributed by atoms with van der Waals surface area (Å²) in [7, 11) is 0. The zero-order valence-corrected chi connectivity index (χ0v) is 18.1. The molecule has 1 aliphatic rings. The third-order valence-electron chi connectivity index (χ3n) is 6.65. The number of aliphatic hydroxyl groups is 1. The fourth-order valence-corrected chi connectivity index (χ4v) is 4.94. The van der Waals surface area contributed by atoms with Crippen LogP contribution in [-0.4, -0.2) is 34.7 Å². The number of aliphatic hydroxyl groups excluding tert-OH is 1. The number of rotatable bonds is 8. The molecule has 1 saturated heterocycles. The van der Waals surface area contributed by atoms with Gasteiger partial charge in [-0.3, -0.25) is 0 Å². The smallest absolute Gasteiger partial charge is 0.115 e. The highest BCUT2D eigenvalue weighted by Gasteiger charge is 2.28. The van der Waals surface area contributed by atoms with Gasteiger partial charge in [-0.1, -0.05) is 72.8 Å². The maximum atomic E-state index is 10.4. The summed E-state index contributed by atoms with van der Waals surface area (Å²) in [5.41, 5.74) is 3.66. The van der Waals surface area contributed by atoms with E-state index < -0.39 is 0 Å². The fraction of sp³-hybridized carbons (Fsp3) is 0.357. The number of hydrogen-bond donors (Lipinski definition) is 2. The van der Waals surface area contributed by atoms with Crippen LogP contribution in [-0.2, 0) is 0 Å². The van der Waals surface area contributed by atoms with Crippen LogP contribution in [0.2, 0.25) is 0 Å². The quantitative estimate of drug-likeness (QED) is 0.492. The van der Waals surface area contributed by atoms with E-state index in [1.807, 2.05) is 30.3 Å². The van der Waals surface area contributed by atoms with Crippen molar-refractivity contribution in [2.45, 2.75) is 37.7 Å². The maximum absolute atomic E-state index is 10.4. The number of benzene rings is 3. The molecule has 2 unspecified atom stereocenters. The minimum absolute atomic E-state index is 0.322. The molecule has 2 N–H and O–H groups in total. The first-order valence-corrected chi connectivity index (χ1v) is 11.5. The van der Waals surface area contributed by atoms with Gasteiger partial charge in [-0.2, -0.15) is 0 Å². The van der Waals surface area contributed by atoms with Gasteiger partial charge in [0.1, 0.15) is 5.75 Å². The van der Waals surface area contributed by atoms with E-state index in [1.54, 1.807) is 12.1 Å². The molecule has 3 heteroatoms. The molecule has 1 heterocycles. The number of likely N-dealkylation sites (tertiary alicyclic amines) is 1. The fourth-order valence-electron chi connectivity index (χ4n) is 4.94. The van der Waals surface area contributed by atoms with Crippen LogP contribution >= 0.6 is 0 Å². The molecule has 4 rings (SSSR count). The molecule has 3 aromatic carbocycles. The van der Waals surface area contributed by atoms with Crippen LogP contribution in [0.4, 0.5) is 0 Å².